The Morgan fingerprint density at radius 1 is 1.44 bits per heavy atom. The van der Waals surface area contributed by atoms with Crippen LogP contribution in [-0.4, -0.2) is 54.8 Å². The second-order valence-electron chi connectivity index (χ2n) is 7.17. The Morgan fingerprint density at radius 2 is 2.28 bits per heavy atom. The van der Waals surface area contributed by atoms with Crippen molar-refractivity contribution in [3.8, 4) is 0 Å². The van der Waals surface area contributed by atoms with Crippen molar-refractivity contribution in [2.75, 3.05) is 38.2 Å². The highest BCUT2D eigenvalue weighted by atomic mass is 32.1. The summed E-state index contributed by atoms with van der Waals surface area (Å²) in [5, 5.41) is 8.81. The standard InChI is InChI=1S/C18H30N4O2S/c1-3-24-10-4-8-22-9-7-15(13(2)11-22)19-17(23)21-18-20-16(12-25-18)14-5-6-14/h12-15H,3-11H2,1-2H3,(H2,19,20,21,23). The van der Waals surface area contributed by atoms with Gasteiger partial charge in [0.1, 0.15) is 0 Å². The van der Waals surface area contributed by atoms with Gasteiger partial charge in [-0.2, -0.15) is 0 Å². The van der Waals surface area contributed by atoms with Crippen LogP contribution >= 0.6 is 11.3 Å². The smallest absolute Gasteiger partial charge is 0.321 e. The highest BCUT2D eigenvalue weighted by molar-refractivity contribution is 7.13. The van der Waals surface area contributed by atoms with Gasteiger partial charge in [-0.05, 0) is 38.5 Å². The van der Waals surface area contributed by atoms with Gasteiger partial charge in [0, 0.05) is 50.2 Å². The third-order valence-electron chi connectivity index (χ3n) is 5.01. The first-order chi connectivity index (χ1) is 12.2. The van der Waals surface area contributed by atoms with Gasteiger partial charge in [0.05, 0.1) is 5.69 Å². The second-order valence-corrected chi connectivity index (χ2v) is 8.03. The Morgan fingerprint density at radius 3 is 3.00 bits per heavy atom. The van der Waals surface area contributed by atoms with Gasteiger partial charge in [-0.15, -0.1) is 11.3 Å². The van der Waals surface area contributed by atoms with E-state index in [-0.39, 0.29) is 12.1 Å². The fraction of sp³-hybridized carbons (Fsp3) is 0.778. The van der Waals surface area contributed by atoms with Crippen LogP contribution in [-0.2, 0) is 4.74 Å². The number of hydrogen-bond donors (Lipinski definition) is 2. The van der Waals surface area contributed by atoms with Gasteiger partial charge in [0.15, 0.2) is 5.13 Å². The summed E-state index contributed by atoms with van der Waals surface area (Å²) in [7, 11) is 0. The highest BCUT2D eigenvalue weighted by Crippen LogP contribution is 2.40. The summed E-state index contributed by atoms with van der Waals surface area (Å²) >= 11 is 1.52. The summed E-state index contributed by atoms with van der Waals surface area (Å²) in [6, 6.07) is 0.101. The van der Waals surface area contributed by atoms with Gasteiger partial charge in [0.25, 0.3) is 0 Å². The number of nitrogens with one attached hydrogen (secondary N) is 2. The molecule has 1 saturated heterocycles. The molecule has 6 nitrogen and oxygen atoms in total. The molecule has 2 fully saturated rings. The summed E-state index contributed by atoms with van der Waals surface area (Å²) in [6.45, 7) is 9.01. The minimum absolute atomic E-state index is 0.127. The quantitative estimate of drug-likeness (QED) is 0.693. The SMILES string of the molecule is CCOCCCN1CCC(NC(=O)Nc2nc(C3CC3)cs2)C(C)C1. The molecule has 1 saturated carbocycles. The first-order valence-corrected chi connectivity index (χ1v) is 10.4. The molecular formula is C18H30N4O2S. The first kappa shape index (κ1) is 18.6. The van der Waals surface area contributed by atoms with Crippen molar-refractivity contribution in [3.63, 3.8) is 0 Å². The van der Waals surface area contributed by atoms with E-state index in [2.05, 4.69) is 32.8 Å². The van der Waals surface area contributed by atoms with Crippen molar-refractivity contribution in [2.24, 2.45) is 5.92 Å². The normalized spacial score (nSPS) is 24.2. The van der Waals surface area contributed by atoms with Crippen molar-refractivity contribution in [1.29, 1.82) is 0 Å². The van der Waals surface area contributed by atoms with E-state index in [0.717, 1.165) is 51.4 Å². The third kappa shape index (κ3) is 5.66. The largest absolute Gasteiger partial charge is 0.382 e. The molecule has 1 aromatic heterocycles. The number of carbonyl (C=O) groups is 1. The number of likely N-dealkylation sites (tertiary alicyclic amines) is 1. The van der Waals surface area contributed by atoms with E-state index in [9.17, 15) is 4.79 Å². The van der Waals surface area contributed by atoms with Gasteiger partial charge in [-0.25, -0.2) is 9.78 Å². The number of carbonyl (C=O) groups excluding carboxylic acids is 1. The Hall–Kier alpha value is -1.18. The third-order valence-corrected chi connectivity index (χ3v) is 5.79. The molecule has 7 heteroatoms. The maximum atomic E-state index is 12.3. The highest BCUT2D eigenvalue weighted by Gasteiger charge is 2.28. The minimum atomic E-state index is -0.127. The van der Waals surface area contributed by atoms with Crippen LogP contribution in [0.25, 0.3) is 0 Å². The predicted octanol–water partition coefficient (Wildman–Crippen LogP) is 3.28. The number of rotatable bonds is 8. The molecular weight excluding hydrogens is 336 g/mol. The van der Waals surface area contributed by atoms with Gasteiger partial charge in [-0.1, -0.05) is 6.92 Å². The molecule has 1 aromatic rings. The van der Waals surface area contributed by atoms with E-state index in [4.69, 9.17) is 4.74 Å². The van der Waals surface area contributed by atoms with Crippen molar-refractivity contribution < 1.29 is 9.53 Å². The zero-order valence-corrected chi connectivity index (χ0v) is 16.1. The lowest BCUT2D eigenvalue weighted by Crippen LogP contribution is -2.51. The van der Waals surface area contributed by atoms with E-state index < -0.39 is 0 Å². The maximum Gasteiger partial charge on any atom is 0.321 e. The molecule has 2 heterocycles. The number of nitrogens with zero attached hydrogens (tertiary/aromatic N) is 2. The van der Waals surface area contributed by atoms with E-state index in [1.807, 2.05) is 6.92 Å². The monoisotopic (exact) mass is 366 g/mol. The van der Waals surface area contributed by atoms with Crippen LogP contribution in [0.1, 0.15) is 51.1 Å². The average Bonchev–Trinajstić information content (AvgIpc) is 3.34. The van der Waals surface area contributed by atoms with E-state index >= 15 is 0 Å². The molecule has 0 bridgehead atoms. The van der Waals surface area contributed by atoms with Gasteiger partial charge >= 0.3 is 6.03 Å². The van der Waals surface area contributed by atoms with Crippen molar-refractivity contribution in [2.45, 2.75) is 51.5 Å². The lowest BCUT2D eigenvalue weighted by Gasteiger charge is -2.37. The van der Waals surface area contributed by atoms with E-state index in [1.165, 1.54) is 24.2 Å². The predicted molar refractivity (Wildman–Crippen MR) is 101 cm³/mol. The lowest BCUT2D eigenvalue weighted by molar-refractivity contribution is 0.111. The van der Waals surface area contributed by atoms with Crippen LogP contribution < -0.4 is 10.6 Å². The molecule has 2 N–H and O–H groups in total. The molecule has 0 radical (unpaired) electrons. The number of urea groups is 1. The number of thiazole rings is 1. The number of amides is 2. The fourth-order valence-corrected chi connectivity index (χ4v) is 4.18. The molecule has 2 aliphatic rings. The van der Waals surface area contributed by atoms with Crippen LogP contribution in [0.3, 0.4) is 0 Å². The lowest BCUT2D eigenvalue weighted by atomic mass is 9.94. The second kappa shape index (κ2) is 8.96. The Kier molecular flexibility index (Phi) is 6.67. The zero-order valence-electron chi connectivity index (χ0n) is 15.3. The number of piperidine rings is 1. The average molecular weight is 367 g/mol. The van der Waals surface area contributed by atoms with Gasteiger partial charge < -0.3 is 15.0 Å². The number of anilines is 1. The molecule has 25 heavy (non-hydrogen) atoms. The fourth-order valence-electron chi connectivity index (χ4n) is 3.40. The number of ether oxygens (including phenoxy) is 1. The molecule has 0 aromatic carbocycles. The number of hydrogen-bond acceptors (Lipinski definition) is 5. The number of aromatic nitrogens is 1. The van der Waals surface area contributed by atoms with Gasteiger partial charge in [-0.3, -0.25) is 5.32 Å². The molecule has 1 aliphatic heterocycles. The van der Waals surface area contributed by atoms with Crippen LogP contribution in [0.2, 0.25) is 0 Å². The van der Waals surface area contributed by atoms with Crippen LogP contribution in [0.5, 0.6) is 0 Å². The molecule has 2 atom stereocenters. The summed E-state index contributed by atoms with van der Waals surface area (Å²) in [6.07, 6.45) is 4.53. The summed E-state index contributed by atoms with van der Waals surface area (Å²) in [5.41, 5.74) is 1.13. The van der Waals surface area contributed by atoms with Crippen molar-refractivity contribution >= 4 is 22.5 Å². The van der Waals surface area contributed by atoms with E-state index in [0.29, 0.717) is 17.0 Å². The summed E-state index contributed by atoms with van der Waals surface area (Å²) in [4.78, 5) is 19.2. The summed E-state index contributed by atoms with van der Waals surface area (Å²) < 4.78 is 5.41. The van der Waals surface area contributed by atoms with Crippen molar-refractivity contribution in [1.82, 2.24) is 15.2 Å². The molecule has 1 aliphatic carbocycles. The molecule has 2 amide bonds. The topological polar surface area (TPSA) is 66.5 Å². The molecule has 140 valence electrons. The van der Waals surface area contributed by atoms with Crippen LogP contribution in [0.4, 0.5) is 9.93 Å². The Labute approximate surface area is 154 Å². The minimum Gasteiger partial charge on any atom is -0.382 e. The van der Waals surface area contributed by atoms with Crippen molar-refractivity contribution in [3.05, 3.63) is 11.1 Å². The molecule has 0 spiro atoms. The van der Waals surface area contributed by atoms with Crippen LogP contribution in [0.15, 0.2) is 5.38 Å². The van der Waals surface area contributed by atoms with Gasteiger partial charge in [0.2, 0.25) is 0 Å². The van der Waals surface area contributed by atoms with Crippen LogP contribution in [0, 0.1) is 5.92 Å². The molecule has 2 unspecified atom stereocenters. The maximum absolute atomic E-state index is 12.3. The van der Waals surface area contributed by atoms with E-state index in [1.54, 1.807) is 0 Å². The Balaban J connectivity index is 1.38. The Bertz CT molecular complexity index is 561. The first-order valence-electron chi connectivity index (χ1n) is 9.48. The zero-order chi connectivity index (χ0) is 17.6. The summed E-state index contributed by atoms with van der Waals surface area (Å²) in [5.74, 6) is 1.08. The molecule has 3 rings (SSSR count).